The number of hydrogen-bond donors (Lipinski definition) is 2. The minimum Gasteiger partial charge on any atom is -0.352 e. The highest BCUT2D eigenvalue weighted by Crippen LogP contribution is 2.26. The molecule has 1 aliphatic heterocycles. The monoisotopic (exact) mass is 463 g/mol. The highest BCUT2D eigenvalue weighted by molar-refractivity contribution is 7.92. The first kappa shape index (κ1) is 23.6. The third kappa shape index (κ3) is 6.45. The van der Waals surface area contributed by atoms with Crippen molar-refractivity contribution in [1.29, 1.82) is 0 Å². The number of amides is 1. The number of nitrogens with zero attached hydrogens (tertiary/aromatic N) is 1. The molecule has 1 aliphatic rings. The summed E-state index contributed by atoms with van der Waals surface area (Å²) in [4.78, 5) is 15.1. The molecule has 31 heavy (non-hydrogen) atoms. The maximum atomic E-state index is 12.5. The van der Waals surface area contributed by atoms with Gasteiger partial charge < -0.3 is 10.2 Å². The van der Waals surface area contributed by atoms with Crippen molar-refractivity contribution >= 4 is 33.2 Å². The number of sulfonamides is 1. The molecule has 2 aromatic rings. The normalized spacial score (nSPS) is 17.3. The molecular weight excluding hydrogens is 434 g/mol. The summed E-state index contributed by atoms with van der Waals surface area (Å²) in [6.45, 7) is 4.95. The molecule has 0 aliphatic carbocycles. The number of likely N-dealkylation sites (tertiary alicyclic amines) is 1. The molecule has 0 aromatic heterocycles. The van der Waals surface area contributed by atoms with Crippen molar-refractivity contribution in [2.45, 2.75) is 50.0 Å². The van der Waals surface area contributed by atoms with Crippen molar-refractivity contribution in [3.8, 4) is 0 Å². The van der Waals surface area contributed by atoms with Crippen molar-refractivity contribution in [3.05, 3.63) is 59.1 Å². The maximum absolute atomic E-state index is 12.5. The topological polar surface area (TPSA) is 78.5 Å². The van der Waals surface area contributed by atoms with E-state index in [0.717, 1.165) is 19.5 Å². The number of nitrogens with one attached hydrogen (secondary N) is 2. The van der Waals surface area contributed by atoms with Crippen LogP contribution in [0.5, 0.6) is 0 Å². The van der Waals surface area contributed by atoms with Gasteiger partial charge in [0.25, 0.3) is 15.9 Å². The van der Waals surface area contributed by atoms with E-state index in [-0.39, 0.29) is 21.5 Å². The molecule has 0 radical (unpaired) electrons. The number of carbonyl (C=O) groups is 1. The summed E-state index contributed by atoms with van der Waals surface area (Å²) < 4.78 is 27.4. The van der Waals surface area contributed by atoms with E-state index in [9.17, 15) is 13.2 Å². The molecule has 8 heteroatoms. The van der Waals surface area contributed by atoms with E-state index in [1.54, 1.807) is 24.3 Å². The van der Waals surface area contributed by atoms with Crippen LogP contribution >= 0.6 is 11.6 Å². The number of halogens is 1. The summed E-state index contributed by atoms with van der Waals surface area (Å²) in [5, 5.41) is 3.10. The van der Waals surface area contributed by atoms with E-state index in [1.165, 1.54) is 49.9 Å². The lowest BCUT2D eigenvalue weighted by atomic mass is 10.00. The first-order valence-electron chi connectivity index (χ1n) is 10.8. The predicted molar refractivity (Wildman–Crippen MR) is 125 cm³/mol. The van der Waals surface area contributed by atoms with Crippen LogP contribution in [0.3, 0.4) is 0 Å². The summed E-state index contributed by atoms with van der Waals surface area (Å²) in [6.07, 6.45) is 5.89. The van der Waals surface area contributed by atoms with Gasteiger partial charge in [0.15, 0.2) is 0 Å². The van der Waals surface area contributed by atoms with Crippen molar-refractivity contribution in [3.63, 3.8) is 0 Å². The highest BCUT2D eigenvalue weighted by Gasteiger charge is 2.20. The Morgan fingerprint density at radius 1 is 1.16 bits per heavy atom. The smallest absolute Gasteiger partial charge is 0.261 e. The zero-order valence-corrected chi connectivity index (χ0v) is 19.4. The van der Waals surface area contributed by atoms with Crippen LogP contribution < -0.4 is 10.0 Å². The Morgan fingerprint density at radius 3 is 2.65 bits per heavy atom. The number of anilines is 1. The van der Waals surface area contributed by atoms with Gasteiger partial charge in [-0.15, -0.1) is 0 Å². The molecule has 0 bridgehead atoms. The van der Waals surface area contributed by atoms with Gasteiger partial charge in [-0.25, -0.2) is 8.42 Å². The van der Waals surface area contributed by atoms with E-state index in [2.05, 4.69) is 21.9 Å². The largest absolute Gasteiger partial charge is 0.352 e. The number of rotatable bonds is 9. The Labute approximate surface area is 190 Å². The van der Waals surface area contributed by atoms with Gasteiger partial charge in [0.2, 0.25) is 0 Å². The van der Waals surface area contributed by atoms with Crippen LogP contribution in [0, 0.1) is 0 Å². The molecule has 0 unspecified atom stereocenters. The molecular formula is C23H30ClN3O3S. The third-order valence-electron chi connectivity index (χ3n) is 5.66. The van der Waals surface area contributed by atoms with Crippen LogP contribution in [-0.2, 0) is 10.0 Å². The van der Waals surface area contributed by atoms with Crippen LogP contribution in [0.15, 0.2) is 53.4 Å². The molecule has 0 saturated carbocycles. The van der Waals surface area contributed by atoms with E-state index in [4.69, 9.17) is 11.6 Å². The summed E-state index contributed by atoms with van der Waals surface area (Å²) in [5.41, 5.74) is 0.634. The van der Waals surface area contributed by atoms with Gasteiger partial charge in [0.1, 0.15) is 0 Å². The maximum Gasteiger partial charge on any atom is 0.261 e. The second-order valence-electron chi connectivity index (χ2n) is 7.82. The van der Waals surface area contributed by atoms with Gasteiger partial charge >= 0.3 is 0 Å². The molecule has 1 atom stereocenters. The van der Waals surface area contributed by atoms with Crippen molar-refractivity contribution in [2.24, 2.45) is 0 Å². The summed E-state index contributed by atoms with van der Waals surface area (Å²) in [7, 11) is -3.74. The number of carbonyl (C=O) groups excluding carboxylic acids is 1. The summed E-state index contributed by atoms with van der Waals surface area (Å²) in [6, 6.07) is 13.3. The predicted octanol–water partition coefficient (Wildman–Crippen LogP) is 4.53. The Bertz CT molecular complexity index is 983. The van der Waals surface area contributed by atoms with Crippen molar-refractivity contribution < 1.29 is 13.2 Å². The molecule has 1 amide bonds. The molecule has 1 saturated heterocycles. The molecule has 2 N–H and O–H groups in total. The van der Waals surface area contributed by atoms with Crippen LogP contribution in [0.1, 0.15) is 49.4 Å². The molecule has 1 heterocycles. The van der Waals surface area contributed by atoms with Gasteiger partial charge in [-0.2, -0.15) is 0 Å². The molecule has 0 spiro atoms. The Hall–Kier alpha value is -2.09. The van der Waals surface area contributed by atoms with E-state index < -0.39 is 10.0 Å². The van der Waals surface area contributed by atoms with E-state index in [0.29, 0.717) is 18.2 Å². The fraction of sp³-hybridized carbons (Fsp3) is 0.435. The Balaban J connectivity index is 1.52. The molecule has 3 rings (SSSR count). The SMILES string of the molecule is CC[C@H]1CCCCN1CCCNC(=O)c1ccc(NS(=O)(=O)c2ccccc2)c(Cl)c1. The lowest BCUT2D eigenvalue weighted by molar-refractivity contribution is 0.0947. The third-order valence-corrected chi connectivity index (χ3v) is 7.35. The minimum atomic E-state index is -3.74. The lowest BCUT2D eigenvalue weighted by Gasteiger charge is -2.35. The van der Waals surface area contributed by atoms with Gasteiger partial charge in [-0.05, 0) is 62.6 Å². The van der Waals surface area contributed by atoms with Crippen molar-refractivity contribution in [2.75, 3.05) is 24.4 Å². The Morgan fingerprint density at radius 2 is 1.94 bits per heavy atom. The first-order valence-corrected chi connectivity index (χ1v) is 12.7. The van der Waals surface area contributed by atoms with Crippen LogP contribution in [-0.4, -0.2) is 44.9 Å². The molecule has 6 nitrogen and oxygen atoms in total. The van der Waals surface area contributed by atoms with Crippen molar-refractivity contribution in [1.82, 2.24) is 10.2 Å². The van der Waals surface area contributed by atoms with Gasteiger partial charge in [-0.3, -0.25) is 9.52 Å². The fourth-order valence-electron chi connectivity index (χ4n) is 3.95. The zero-order chi connectivity index (χ0) is 22.3. The van der Waals surface area contributed by atoms with Gasteiger partial charge in [-0.1, -0.05) is 43.1 Å². The van der Waals surface area contributed by atoms with Crippen LogP contribution in [0.25, 0.3) is 0 Å². The zero-order valence-electron chi connectivity index (χ0n) is 17.8. The van der Waals surface area contributed by atoms with Crippen LogP contribution in [0.2, 0.25) is 5.02 Å². The molecule has 1 fully saturated rings. The average Bonchev–Trinajstić information content (AvgIpc) is 2.78. The second-order valence-corrected chi connectivity index (χ2v) is 9.91. The quantitative estimate of drug-likeness (QED) is 0.535. The standard InChI is InChI=1S/C23H30ClN3O3S/c1-2-19-9-6-7-15-27(19)16-8-14-25-23(28)18-12-13-22(21(24)17-18)26-31(29,30)20-10-4-3-5-11-20/h3-5,10-13,17,19,26H,2,6-9,14-16H2,1H3,(H,25,28)/t19-/m0/s1. The highest BCUT2D eigenvalue weighted by atomic mass is 35.5. The molecule has 2 aromatic carbocycles. The second kappa shape index (κ2) is 11.0. The number of hydrogen-bond acceptors (Lipinski definition) is 4. The molecule has 168 valence electrons. The summed E-state index contributed by atoms with van der Waals surface area (Å²) >= 11 is 6.25. The Kier molecular flexibility index (Phi) is 8.35. The lowest BCUT2D eigenvalue weighted by Crippen LogP contribution is -2.40. The first-order chi connectivity index (χ1) is 14.9. The fourth-order valence-corrected chi connectivity index (χ4v) is 5.33. The minimum absolute atomic E-state index is 0.145. The average molecular weight is 464 g/mol. The number of piperidine rings is 1. The summed E-state index contributed by atoms with van der Waals surface area (Å²) in [5.74, 6) is -0.218. The van der Waals surface area contributed by atoms with E-state index >= 15 is 0 Å². The van der Waals surface area contributed by atoms with Gasteiger partial charge in [0, 0.05) is 24.7 Å². The van der Waals surface area contributed by atoms with E-state index in [1.807, 2.05) is 0 Å². The van der Waals surface area contributed by atoms with Gasteiger partial charge in [0.05, 0.1) is 15.6 Å². The number of benzene rings is 2. The van der Waals surface area contributed by atoms with Crippen LogP contribution in [0.4, 0.5) is 5.69 Å².